The zero-order valence-electron chi connectivity index (χ0n) is 17.4. The van der Waals surface area contributed by atoms with Crippen LogP contribution in [0, 0.1) is 6.92 Å². The van der Waals surface area contributed by atoms with Crippen molar-refractivity contribution in [3.8, 4) is 0 Å². The lowest BCUT2D eigenvalue weighted by atomic mass is 9.97. The number of amides is 1. The second-order valence-electron chi connectivity index (χ2n) is 7.80. The summed E-state index contributed by atoms with van der Waals surface area (Å²) in [5, 5.41) is 13.2. The Bertz CT molecular complexity index is 1370. The smallest absolute Gasteiger partial charge is 0.296 e. The van der Waals surface area contributed by atoms with E-state index in [-0.39, 0.29) is 17.9 Å². The molecule has 6 nitrogen and oxygen atoms in total. The van der Waals surface area contributed by atoms with E-state index in [2.05, 4.69) is 4.98 Å². The number of likely N-dealkylation sites (tertiary alicyclic amines) is 1. The maximum absolute atomic E-state index is 13.1. The highest BCUT2D eigenvalue weighted by Gasteiger charge is 2.47. The Hall–Kier alpha value is -4.19. The number of aliphatic hydroxyl groups is 1. The molecule has 1 N–H and O–H groups in total. The molecule has 0 bridgehead atoms. The van der Waals surface area contributed by atoms with Gasteiger partial charge in [0.1, 0.15) is 23.3 Å². The summed E-state index contributed by atoms with van der Waals surface area (Å²) in [4.78, 5) is 31.7. The van der Waals surface area contributed by atoms with E-state index >= 15 is 0 Å². The number of nitrogens with zero attached hydrogens (tertiary/aromatic N) is 2. The topological polar surface area (TPSA) is 83.6 Å². The number of rotatable bonds is 4. The first-order chi connectivity index (χ1) is 15.5. The van der Waals surface area contributed by atoms with Gasteiger partial charge in [-0.2, -0.15) is 0 Å². The van der Waals surface area contributed by atoms with Gasteiger partial charge in [0.25, 0.3) is 11.7 Å². The van der Waals surface area contributed by atoms with Crippen molar-refractivity contribution in [3.05, 3.63) is 107 Å². The molecule has 0 saturated carbocycles. The van der Waals surface area contributed by atoms with Crippen LogP contribution in [-0.2, 0) is 16.1 Å². The fourth-order valence-electron chi connectivity index (χ4n) is 4.12. The Labute approximate surface area is 184 Å². The average molecular weight is 424 g/mol. The predicted molar refractivity (Wildman–Crippen MR) is 119 cm³/mol. The summed E-state index contributed by atoms with van der Waals surface area (Å²) >= 11 is 0. The first-order valence-electron chi connectivity index (χ1n) is 10.3. The minimum atomic E-state index is -0.838. The van der Waals surface area contributed by atoms with Crippen molar-refractivity contribution in [1.82, 2.24) is 9.88 Å². The first kappa shape index (κ1) is 19.8. The Kier molecular flexibility index (Phi) is 4.82. The molecule has 1 saturated heterocycles. The van der Waals surface area contributed by atoms with Crippen molar-refractivity contribution in [2.45, 2.75) is 19.5 Å². The van der Waals surface area contributed by atoms with Gasteiger partial charge >= 0.3 is 0 Å². The highest BCUT2D eigenvalue weighted by Crippen LogP contribution is 2.41. The lowest BCUT2D eigenvalue weighted by Crippen LogP contribution is -2.29. The molecular weight excluding hydrogens is 404 g/mol. The second kappa shape index (κ2) is 7.81. The molecule has 4 aromatic rings. The monoisotopic (exact) mass is 424 g/mol. The standard InChI is InChI=1S/C26H20N2O4/c1-16-8-11-21(32-16)23-22(24(29)20-10-9-18-6-2-3-7-19(18)13-20)25(30)26(31)28(23)15-17-5-4-12-27-14-17/h2-14,23,29H,15H2,1H3/b24-22-. The normalized spacial score (nSPS) is 17.9. The van der Waals surface area contributed by atoms with Crippen LogP contribution in [0.3, 0.4) is 0 Å². The quantitative estimate of drug-likeness (QED) is 0.290. The van der Waals surface area contributed by atoms with E-state index in [1.807, 2.05) is 42.5 Å². The number of aliphatic hydroxyl groups excluding tert-OH is 1. The molecule has 2 aromatic heterocycles. The molecule has 1 atom stereocenters. The summed E-state index contributed by atoms with van der Waals surface area (Å²) in [5.74, 6) is -0.568. The molecule has 1 amide bonds. The molecular formula is C26H20N2O4. The number of fused-ring (bicyclic) bond motifs is 1. The molecule has 1 unspecified atom stereocenters. The number of carbonyl (C=O) groups is 2. The largest absolute Gasteiger partial charge is 0.507 e. The molecule has 0 spiro atoms. The van der Waals surface area contributed by atoms with Crippen LogP contribution >= 0.6 is 0 Å². The van der Waals surface area contributed by atoms with Crippen LogP contribution in [0.15, 0.2) is 89.1 Å². The van der Waals surface area contributed by atoms with Crippen LogP contribution in [0.1, 0.15) is 28.7 Å². The van der Waals surface area contributed by atoms with E-state index in [1.54, 1.807) is 43.6 Å². The van der Waals surface area contributed by atoms with Gasteiger partial charge in [-0.1, -0.05) is 42.5 Å². The Morgan fingerprint density at radius 3 is 2.56 bits per heavy atom. The van der Waals surface area contributed by atoms with Crippen molar-refractivity contribution >= 4 is 28.2 Å². The summed E-state index contributed by atoms with van der Waals surface area (Å²) in [6.45, 7) is 1.96. The molecule has 1 aliphatic heterocycles. The Morgan fingerprint density at radius 1 is 1.03 bits per heavy atom. The van der Waals surface area contributed by atoms with E-state index < -0.39 is 17.7 Å². The van der Waals surface area contributed by atoms with Gasteiger partial charge in [0.15, 0.2) is 0 Å². The highest BCUT2D eigenvalue weighted by atomic mass is 16.3. The second-order valence-corrected chi connectivity index (χ2v) is 7.80. The number of hydrogen-bond acceptors (Lipinski definition) is 5. The molecule has 158 valence electrons. The number of carbonyl (C=O) groups excluding carboxylic acids is 2. The molecule has 1 fully saturated rings. The van der Waals surface area contributed by atoms with E-state index in [0.717, 1.165) is 16.3 Å². The molecule has 3 heterocycles. The van der Waals surface area contributed by atoms with Gasteiger partial charge in [0.05, 0.1) is 5.57 Å². The van der Waals surface area contributed by atoms with Gasteiger partial charge < -0.3 is 14.4 Å². The van der Waals surface area contributed by atoms with Crippen LogP contribution in [0.2, 0.25) is 0 Å². The summed E-state index contributed by atoms with van der Waals surface area (Å²) in [7, 11) is 0. The maximum atomic E-state index is 13.1. The summed E-state index contributed by atoms with van der Waals surface area (Å²) in [5.41, 5.74) is 1.26. The predicted octanol–water partition coefficient (Wildman–Crippen LogP) is 4.76. The zero-order valence-corrected chi connectivity index (χ0v) is 17.4. The van der Waals surface area contributed by atoms with Gasteiger partial charge in [-0.25, -0.2) is 0 Å². The van der Waals surface area contributed by atoms with Crippen LogP contribution < -0.4 is 0 Å². The molecule has 1 aliphatic rings. The molecule has 2 aromatic carbocycles. The van der Waals surface area contributed by atoms with Gasteiger partial charge in [-0.3, -0.25) is 14.6 Å². The van der Waals surface area contributed by atoms with Gasteiger partial charge in [-0.15, -0.1) is 0 Å². The molecule has 32 heavy (non-hydrogen) atoms. The van der Waals surface area contributed by atoms with E-state index in [9.17, 15) is 14.7 Å². The summed E-state index contributed by atoms with van der Waals surface area (Å²) in [6.07, 6.45) is 3.29. The van der Waals surface area contributed by atoms with Crippen molar-refractivity contribution in [1.29, 1.82) is 0 Å². The number of ketones is 1. The Morgan fingerprint density at radius 2 is 1.84 bits per heavy atom. The van der Waals surface area contributed by atoms with E-state index in [0.29, 0.717) is 17.1 Å². The summed E-state index contributed by atoms with van der Waals surface area (Å²) < 4.78 is 5.81. The van der Waals surface area contributed by atoms with Crippen LogP contribution in [0.5, 0.6) is 0 Å². The molecule has 5 rings (SSSR count). The van der Waals surface area contributed by atoms with Gasteiger partial charge in [-0.05, 0) is 47.5 Å². The van der Waals surface area contributed by atoms with E-state index in [4.69, 9.17) is 4.42 Å². The van der Waals surface area contributed by atoms with Crippen LogP contribution in [0.25, 0.3) is 16.5 Å². The number of aromatic nitrogens is 1. The molecule has 6 heteroatoms. The number of aryl methyl sites for hydroxylation is 1. The summed E-state index contributed by atoms with van der Waals surface area (Å²) in [6, 6.07) is 19.4. The van der Waals surface area contributed by atoms with Crippen molar-refractivity contribution in [2.75, 3.05) is 0 Å². The van der Waals surface area contributed by atoms with Crippen molar-refractivity contribution < 1.29 is 19.1 Å². The number of furan rings is 1. The number of hydrogen-bond donors (Lipinski definition) is 1. The lowest BCUT2D eigenvalue weighted by molar-refractivity contribution is -0.140. The highest BCUT2D eigenvalue weighted by molar-refractivity contribution is 6.46. The lowest BCUT2D eigenvalue weighted by Gasteiger charge is -2.23. The SMILES string of the molecule is Cc1ccc(C2/C(=C(/O)c3ccc4ccccc4c3)C(=O)C(=O)N2Cc2cccnc2)o1. The zero-order chi connectivity index (χ0) is 22.2. The molecule has 0 aliphatic carbocycles. The fraction of sp³-hybridized carbons (Fsp3) is 0.115. The Balaban J connectivity index is 1.65. The van der Waals surface area contributed by atoms with Crippen LogP contribution in [0.4, 0.5) is 0 Å². The third-order valence-electron chi connectivity index (χ3n) is 5.67. The van der Waals surface area contributed by atoms with E-state index in [1.165, 1.54) is 4.90 Å². The number of Topliss-reactive ketones (excluding diaryl/α,β-unsaturated/α-hetero) is 1. The fourth-order valence-corrected chi connectivity index (χ4v) is 4.12. The van der Waals surface area contributed by atoms with Gasteiger partial charge in [0, 0.05) is 24.5 Å². The molecule has 0 radical (unpaired) electrons. The third-order valence-corrected chi connectivity index (χ3v) is 5.67. The van der Waals surface area contributed by atoms with Crippen LogP contribution in [-0.4, -0.2) is 26.7 Å². The first-order valence-corrected chi connectivity index (χ1v) is 10.3. The van der Waals surface area contributed by atoms with Crippen molar-refractivity contribution in [2.24, 2.45) is 0 Å². The average Bonchev–Trinajstić information content (AvgIpc) is 3.35. The maximum Gasteiger partial charge on any atom is 0.296 e. The van der Waals surface area contributed by atoms with Gasteiger partial charge in [0.2, 0.25) is 0 Å². The number of pyridine rings is 1. The number of benzene rings is 2. The minimum absolute atomic E-state index is 0.0171. The van der Waals surface area contributed by atoms with Crippen molar-refractivity contribution in [3.63, 3.8) is 0 Å². The minimum Gasteiger partial charge on any atom is -0.507 e. The third kappa shape index (κ3) is 3.36.